The number of aromatic amines is 1. The molecular formula is C12H16N2O7. The summed E-state index contributed by atoms with van der Waals surface area (Å²) in [7, 11) is 0. The molecular weight excluding hydrogens is 284 g/mol. The number of rotatable bonds is 4. The molecule has 0 amide bonds. The van der Waals surface area contributed by atoms with Crippen molar-refractivity contribution in [2.75, 3.05) is 6.61 Å². The van der Waals surface area contributed by atoms with Crippen molar-refractivity contribution in [2.24, 2.45) is 0 Å². The average Bonchev–Trinajstić information content (AvgIpc) is 2.70. The fraction of sp³-hybridized carbons (Fsp3) is 0.583. The summed E-state index contributed by atoms with van der Waals surface area (Å²) in [5.41, 5.74) is -2.87. The van der Waals surface area contributed by atoms with Gasteiger partial charge in [0.15, 0.2) is 5.72 Å². The van der Waals surface area contributed by atoms with E-state index in [0.717, 1.165) is 4.57 Å². The Labute approximate surface area is 118 Å². The Morgan fingerprint density at radius 1 is 1.57 bits per heavy atom. The quantitative estimate of drug-likeness (QED) is 0.509. The number of aromatic nitrogens is 2. The second-order valence-electron chi connectivity index (χ2n) is 5.07. The molecule has 1 aliphatic heterocycles. The van der Waals surface area contributed by atoms with Crippen molar-refractivity contribution >= 4 is 5.97 Å². The van der Waals surface area contributed by atoms with Crippen molar-refractivity contribution in [1.82, 2.24) is 9.55 Å². The van der Waals surface area contributed by atoms with Gasteiger partial charge in [-0.2, -0.15) is 0 Å². The van der Waals surface area contributed by atoms with Crippen LogP contribution < -0.4 is 11.2 Å². The summed E-state index contributed by atoms with van der Waals surface area (Å²) in [5.74, 6) is -1.24. The number of aliphatic hydroxyl groups is 2. The zero-order valence-electron chi connectivity index (χ0n) is 11.3. The molecule has 0 radical (unpaired) electrons. The summed E-state index contributed by atoms with van der Waals surface area (Å²) in [6, 6.07) is 0. The first kappa shape index (κ1) is 15.4. The van der Waals surface area contributed by atoms with Gasteiger partial charge in [-0.3, -0.25) is 19.1 Å². The molecule has 4 N–H and O–H groups in total. The number of nitrogens with one attached hydrogen (secondary N) is 1. The third-order valence-corrected chi connectivity index (χ3v) is 3.49. The molecule has 0 bridgehead atoms. The predicted molar refractivity (Wildman–Crippen MR) is 68.9 cm³/mol. The molecule has 116 valence electrons. The van der Waals surface area contributed by atoms with Gasteiger partial charge in [0.1, 0.15) is 6.10 Å². The predicted octanol–water partition coefficient (Wildman–Crippen LogP) is -1.89. The summed E-state index contributed by atoms with van der Waals surface area (Å²) < 4.78 is 6.40. The fourth-order valence-corrected chi connectivity index (χ4v) is 2.49. The molecule has 1 aliphatic rings. The van der Waals surface area contributed by atoms with Crippen molar-refractivity contribution in [3.05, 3.63) is 32.6 Å². The van der Waals surface area contributed by atoms with Gasteiger partial charge in [0.05, 0.1) is 19.1 Å². The van der Waals surface area contributed by atoms with Gasteiger partial charge < -0.3 is 20.1 Å². The van der Waals surface area contributed by atoms with E-state index in [2.05, 4.69) is 4.98 Å². The molecule has 1 saturated heterocycles. The molecule has 0 aliphatic carbocycles. The highest BCUT2D eigenvalue weighted by atomic mass is 16.6. The second kappa shape index (κ2) is 5.43. The molecule has 1 aromatic rings. The van der Waals surface area contributed by atoms with E-state index in [0.29, 0.717) is 0 Å². The van der Waals surface area contributed by atoms with E-state index in [1.54, 1.807) is 0 Å². The Bertz CT molecular complexity index is 664. The van der Waals surface area contributed by atoms with Crippen LogP contribution in [0.4, 0.5) is 0 Å². The van der Waals surface area contributed by atoms with Crippen LogP contribution in [0.3, 0.4) is 0 Å². The molecule has 0 aromatic carbocycles. The largest absolute Gasteiger partial charge is 0.481 e. The maximum absolute atomic E-state index is 12.0. The van der Waals surface area contributed by atoms with Crippen LogP contribution in [-0.2, 0) is 15.3 Å². The third kappa shape index (κ3) is 2.75. The highest BCUT2D eigenvalue weighted by molar-refractivity contribution is 5.67. The Balaban J connectivity index is 2.57. The number of carboxylic acid groups (broad SMARTS) is 1. The van der Waals surface area contributed by atoms with Crippen molar-refractivity contribution in [1.29, 1.82) is 0 Å². The maximum atomic E-state index is 12.0. The number of aliphatic carboxylic acids is 1. The first-order valence-electron chi connectivity index (χ1n) is 6.30. The summed E-state index contributed by atoms with van der Waals surface area (Å²) in [5, 5.41) is 28.0. The minimum Gasteiger partial charge on any atom is -0.481 e. The van der Waals surface area contributed by atoms with E-state index in [1.165, 1.54) is 13.1 Å². The minimum atomic E-state index is -1.65. The van der Waals surface area contributed by atoms with Crippen LogP contribution in [0.2, 0.25) is 0 Å². The number of H-pyrrole nitrogens is 1. The van der Waals surface area contributed by atoms with Crippen LogP contribution >= 0.6 is 0 Å². The lowest BCUT2D eigenvalue weighted by atomic mass is 10.0. The molecule has 0 unspecified atom stereocenters. The number of nitrogens with zero attached hydrogens (tertiary/aromatic N) is 1. The van der Waals surface area contributed by atoms with Crippen LogP contribution in [0.25, 0.3) is 0 Å². The lowest BCUT2D eigenvalue weighted by molar-refractivity contribution is -0.158. The molecule has 9 nitrogen and oxygen atoms in total. The minimum absolute atomic E-state index is 0.185. The highest BCUT2D eigenvalue weighted by Crippen LogP contribution is 2.37. The van der Waals surface area contributed by atoms with E-state index in [9.17, 15) is 19.5 Å². The molecule has 0 saturated carbocycles. The standard InChI is InChI=1S/C12H16N2O7/c1-6-4-14(11(20)13-10(6)19)12(3-9(17)18)2-7(16)8(5-15)21-12/h4,7-8,15-16H,2-3,5H2,1H3,(H,17,18)(H,13,19,20)/t7-,8+,12-/m0/s1. The molecule has 1 aromatic heterocycles. The zero-order chi connectivity index (χ0) is 15.8. The number of hydrogen-bond donors (Lipinski definition) is 4. The van der Waals surface area contributed by atoms with Gasteiger partial charge in [0, 0.05) is 18.2 Å². The number of aliphatic hydroxyl groups excluding tert-OH is 2. The van der Waals surface area contributed by atoms with Gasteiger partial charge in [0.25, 0.3) is 5.56 Å². The summed E-state index contributed by atoms with van der Waals surface area (Å²) in [6.45, 7) is 0.942. The number of carbonyl (C=O) groups is 1. The van der Waals surface area contributed by atoms with E-state index in [-0.39, 0.29) is 12.0 Å². The molecule has 1 fully saturated rings. The number of hydrogen-bond acceptors (Lipinski definition) is 6. The van der Waals surface area contributed by atoms with Crippen LogP contribution in [0.1, 0.15) is 18.4 Å². The lowest BCUT2D eigenvalue weighted by Crippen LogP contribution is -2.46. The molecule has 2 heterocycles. The molecule has 3 atom stereocenters. The van der Waals surface area contributed by atoms with E-state index in [1.807, 2.05) is 0 Å². The SMILES string of the molecule is Cc1cn([C@@]2(CC(=O)O)C[C@H](O)[C@@H](CO)O2)c(=O)[nH]c1=O. The Kier molecular flexibility index (Phi) is 3.99. The van der Waals surface area contributed by atoms with E-state index < -0.39 is 48.2 Å². The fourth-order valence-electron chi connectivity index (χ4n) is 2.49. The van der Waals surface area contributed by atoms with Gasteiger partial charge >= 0.3 is 11.7 Å². The topological polar surface area (TPSA) is 142 Å². The maximum Gasteiger partial charge on any atom is 0.330 e. The summed E-state index contributed by atoms with van der Waals surface area (Å²) >= 11 is 0. The van der Waals surface area contributed by atoms with Crippen molar-refractivity contribution in [3.63, 3.8) is 0 Å². The Morgan fingerprint density at radius 2 is 2.24 bits per heavy atom. The number of aryl methyl sites for hydroxylation is 1. The number of ether oxygens (including phenoxy) is 1. The van der Waals surface area contributed by atoms with Crippen molar-refractivity contribution in [2.45, 2.75) is 37.7 Å². The average molecular weight is 300 g/mol. The summed E-state index contributed by atoms with van der Waals surface area (Å²) in [4.78, 5) is 36.5. The Hall–Kier alpha value is -1.97. The monoisotopic (exact) mass is 300 g/mol. The van der Waals surface area contributed by atoms with Gasteiger partial charge in [-0.1, -0.05) is 0 Å². The first-order valence-corrected chi connectivity index (χ1v) is 6.30. The molecule has 0 spiro atoms. The zero-order valence-corrected chi connectivity index (χ0v) is 11.3. The van der Waals surface area contributed by atoms with E-state index >= 15 is 0 Å². The smallest absolute Gasteiger partial charge is 0.330 e. The summed E-state index contributed by atoms with van der Waals surface area (Å²) in [6.07, 6.45) is -1.70. The van der Waals surface area contributed by atoms with Gasteiger partial charge in [-0.15, -0.1) is 0 Å². The van der Waals surface area contributed by atoms with Crippen LogP contribution in [0, 0.1) is 6.92 Å². The van der Waals surface area contributed by atoms with Gasteiger partial charge in [-0.25, -0.2) is 4.79 Å². The van der Waals surface area contributed by atoms with Crippen molar-refractivity contribution in [3.8, 4) is 0 Å². The van der Waals surface area contributed by atoms with Crippen LogP contribution in [-0.4, -0.2) is 49.7 Å². The van der Waals surface area contributed by atoms with Gasteiger partial charge in [-0.05, 0) is 6.92 Å². The normalized spacial score (nSPS) is 28.7. The van der Waals surface area contributed by atoms with Crippen LogP contribution in [0.15, 0.2) is 15.8 Å². The number of carboxylic acids is 1. The first-order chi connectivity index (χ1) is 9.79. The van der Waals surface area contributed by atoms with Crippen molar-refractivity contribution < 1.29 is 24.9 Å². The lowest BCUT2D eigenvalue weighted by Gasteiger charge is -2.29. The molecule has 9 heteroatoms. The third-order valence-electron chi connectivity index (χ3n) is 3.49. The molecule has 2 rings (SSSR count). The highest BCUT2D eigenvalue weighted by Gasteiger charge is 2.49. The Morgan fingerprint density at radius 3 is 2.76 bits per heavy atom. The van der Waals surface area contributed by atoms with Gasteiger partial charge in [0.2, 0.25) is 0 Å². The van der Waals surface area contributed by atoms with Crippen LogP contribution in [0.5, 0.6) is 0 Å². The second-order valence-corrected chi connectivity index (χ2v) is 5.07. The molecule has 21 heavy (non-hydrogen) atoms. The van der Waals surface area contributed by atoms with E-state index in [4.69, 9.17) is 14.9 Å².